The summed E-state index contributed by atoms with van der Waals surface area (Å²) in [4.78, 5) is 39.0. The smallest absolute Gasteiger partial charge is 0.308 e. The van der Waals surface area contributed by atoms with E-state index < -0.39 is 11.9 Å². The SMILES string of the molecule is Cc1c(Br)cccc1C(=O)N(C)CC(=O)N1CCCC(C(=O)O)C1. The van der Waals surface area contributed by atoms with E-state index in [9.17, 15) is 14.4 Å². The highest BCUT2D eigenvalue weighted by Gasteiger charge is 2.29. The van der Waals surface area contributed by atoms with Crippen LogP contribution in [-0.4, -0.2) is 59.4 Å². The lowest BCUT2D eigenvalue weighted by atomic mass is 9.98. The second-order valence-electron chi connectivity index (χ2n) is 6.09. The first kappa shape index (κ1) is 18.4. The Hall–Kier alpha value is -1.89. The summed E-state index contributed by atoms with van der Waals surface area (Å²) in [5.41, 5.74) is 1.37. The number of likely N-dealkylation sites (tertiary alicyclic amines) is 1. The first-order valence-electron chi connectivity index (χ1n) is 7.82. The quantitative estimate of drug-likeness (QED) is 0.845. The Morgan fingerprint density at radius 2 is 2.08 bits per heavy atom. The fourth-order valence-corrected chi connectivity index (χ4v) is 3.19. The van der Waals surface area contributed by atoms with Gasteiger partial charge in [0.1, 0.15) is 0 Å². The van der Waals surface area contributed by atoms with Crippen LogP contribution >= 0.6 is 15.9 Å². The van der Waals surface area contributed by atoms with E-state index in [0.717, 1.165) is 10.0 Å². The largest absolute Gasteiger partial charge is 0.481 e. The molecule has 0 bridgehead atoms. The zero-order chi connectivity index (χ0) is 17.9. The minimum absolute atomic E-state index is 0.0584. The standard InChI is InChI=1S/C17H21BrN2O4/c1-11-13(6-3-7-14(11)18)16(22)19(2)10-15(21)20-8-4-5-12(9-20)17(23)24/h3,6-7,12H,4-5,8-10H2,1-2H3,(H,23,24). The molecular weight excluding hydrogens is 376 g/mol. The molecule has 1 aliphatic heterocycles. The fourth-order valence-electron chi connectivity index (χ4n) is 2.82. The van der Waals surface area contributed by atoms with Crippen LogP contribution in [0, 0.1) is 12.8 Å². The van der Waals surface area contributed by atoms with Crippen molar-refractivity contribution >= 4 is 33.7 Å². The molecule has 1 fully saturated rings. The van der Waals surface area contributed by atoms with E-state index >= 15 is 0 Å². The maximum absolute atomic E-state index is 12.5. The third-order valence-electron chi connectivity index (χ3n) is 4.34. The fraction of sp³-hybridized carbons (Fsp3) is 0.471. The van der Waals surface area contributed by atoms with Gasteiger partial charge in [-0.05, 0) is 37.5 Å². The van der Waals surface area contributed by atoms with Crippen LogP contribution < -0.4 is 0 Å². The number of amides is 2. The van der Waals surface area contributed by atoms with Crippen LogP contribution in [0.3, 0.4) is 0 Å². The molecular formula is C17H21BrN2O4. The average molecular weight is 397 g/mol. The number of carbonyl (C=O) groups is 3. The van der Waals surface area contributed by atoms with Gasteiger partial charge in [-0.1, -0.05) is 22.0 Å². The number of halogens is 1. The van der Waals surface area contributed by atoms with Gasteiger partial charge in [-0.3, -0.25) is 14.4 Å². The molecule has 2 rings (SSSR count). The highest BCUT2D eigenvalue weighted by Crippen LogP contribution is 2.21. The summed E-state index contributed by atoms with van der Waals surface area (Å²) >= 11 is 3.40. The van der Waals surface area contributed by atoms with Crippen LogP contribution in [0.4, 0.5) is 0 Å². The van der Waals surface area contributed by atoms with E-state index in [0.29, 0.717) is 24.9 Å². The lowest BCUT2D eigenvalue weighted by Crippen LogP contribution is -2.47. The first-order valence-corrected chi connectivity index (χ1v) is 8.61. The first-order chi connectivity index (χ1) is 11.3. The monoisotopic (exact) mass is 396 g/mol. The molecule has 6 nitrogen and oxygen atoms in total. The van der Waals surface area contributed by atoms with Crippen LogP contribution in [0.25, 0.3) is 0 Å². The van der Waals surface area contributed by atoms with Gasteiger partial charge in [-0.15, -0.1) is 0 Å². The summed E-state index contributed by atoms with van der Waals surface area (Å²) in [6.07, 6.45) is 1.26. The average Bonchev–Trinajstić information content (AvgIpc) is 2.56. The van der Waals surface area contributed by atoms with Crippen molar-refractivity contribution in [2.24, 2.45) is 5.92 Å². The molecule has 1 unspecified atom stereocenters. The van der Waals surface area contributed by atoms with Crippen LogP contribution in [0.2, 0.25) is 0 Å². The molecule has 24 heavy (non-hydrogen) atoms. The van der Waals surface area contributed by atoms with Crippen LogP contribution in [0.1, 0.15) is 28.8 Å². The summed E-state index contributed by atoms with van der Waals surface area (Å²) in [5.74, 6) is -1.84. The molecule has 0 spiro atoms. The molecule has 1 aliphatic rings. The van der Waals surface area contributed by atoms with Crippen LogP contribution in [0.5, 0.6) is 0 Å². The zero-order valence-electron chi connectivity index (χ0n) is 13.8. The molecule has 0 aliphatic carbocycles. The van der Waals surface area contributed by atoms with E-state index in [1.165, 1.54) is 4.90 Å². The predicted molar refractivity (Wildman–Crippen MR) is 92.8 cm³/mol. The van der Waals surface area contributed by atoms with Crippen LogP contribution in [-0.2, 0) is 9.59 Å². The van der Waals surface area contributed by atoms with Crippen molar-refractivity contribution in [3.8, 4) is 0 Å². The number of piperidine rings is 1. The Bertz CT molecular complexity index is 662. The minimum Gasteiger partial charge on any atom is -0.481 e. The molecule has 1 aromatic rings. The zero-order valence-corrected chi connectivity index (χ0v) is 15.4. The normalized spacial score (nSPS) is 17.5. The number of carboxylic acids is 1. The van der Waals surface area contributed by atoms with Crippen molar-refractivity contribution in [3.63, 3.8) is 0 Å². The van der Waals surface area contributed by atoms with Crippen molar-refractivity contribution < 1.29 is 19.5 Å². The third kappa shape index (κ3) is 4.14. The van der Waals surface area contributed by atoms with Crippen molar-refractivity contribution in [3.05, 3.63) is 33.8 Å². The highest BCUT2D eigenvalue weighted by atomic mass is 79.9. The highest BCUT2D eigenvalue weighted by molar-refractivity contribution is 9.10. The summed E-state index contributed by atoms with van der Waals surface area (Å²) in [7, 11) is 1.58. The third-order valence-corrected chi connectivity index (χ3v) is 5.20. The van der Waals surface area contributed by atoms with Gasteiger partial charge in [0, 0.05) is 30.2 Å². The summed E-state index contributed by atoms with van der Waals surface area (Å²) in [6.45, 7) is 2.54. The molecule has 1 saturated heterocycles. The molecule has 1 heterocycles. The van der Waals surface area contributed by atoms with Gasteiger partial charge in [0.2, 0.25) is 5.91 Å². The predicted octanol–water partition coefficient (Wildman–Crippen LogP) is 2.15. The van der Waals surface area contributed by atoms with Gasteiger partial charge < -0.3 is 14.9 Å². The van der Waals surface area contributed by atoms with Gasteiger partial charge in [-0.2, -0.15) is 0 Å². The molecule has 0 radical (unpaired) electrons. The number of benzene rings is 1. The molecule has 2 amide bonds. The number of carbonyl (C=O) groups excluding carboxylic acids is 2. The second-order valence-corrected chi connectivity index (χ2v) is 6.95. The number of hydrogen-bond acceptors (Lipinski definition) is 3. The summed E-state index contributed by atoms with van der Waals surface area (Å²) in [6, 6.07) is 5.36. The number of hydrogen-bond donors (Lipinski definition) is 1. The Morgan fingerprint density at radius 1 is 1.38 bits per heavy atom. The Kier molecular flexibility index (Phi) is 5.99. The van der Waals surface area contributed by atoms with E-state index in [-0.39, 0.29) is 24.9 Å². The molecule has 130 valence electrons. The van der Waals surface area contributed by atoms with Gasteiger partial charge in [-0.25, -0.2) is 0 Å². The van der Waals surface area contributed by atoms with Gasteiger partial charge in [0.05, 0.1) is 12.5 Å². The number of carboxylic acid groups (broad SMARTS) is 1. The number of likely N-dealkylation sites (N-methyl/N-ethyl adjacent to an activating group) is 1. The maximum Gasteiger partial charge on any atom is 0.308 e. The van der Waals surface area contributed by atoms with E-state index in [4.69, 9.17) is 5.11 Å². The topological polar surface area (TPSA) is 77.9 Å². The van der Waals surface area contributed by atoms with Crippen molar-refractivity contribution in [1.82, 2.24) is 9.80 Å². The number of aliphatic carboxylic acids is 1. The van der Waals surface area contributed by atoms with E-state index in [2.05, 4.69) is 15.9 Å². The van der Waals surface area contributed by atoms with Crippen molar-refractivity contribution in [1.29, 1.82) is 0 Å². The Balaban J connectivity index is 2.02. The number of rotatable bonds is 4. The van der Waals surface area contributed by atoms with Crippen molar-refractivity contribution in [2.45, 2.75) is 19.8 Å². The molecule has 1 aromatic carbocycles. The molecule has 1 N–H and O–H groups in total. The van der Waals surface area contributed by atoms with Crippen molar-refractivity contribution in [2.75, 3.05) is 26.7 Å². The summed E-state index contributed by atoms with van der Waals surface area (Å²) in [5, 5.41) is 9.11. The van der Waals surface area contributed by atoms with Crippen LogP contribution in [0.15, 0.2) is 22.7 Å². The van der Waals surface area contributed by atoms with Gasteiger partial charge in [0.15, 0.2) is 0 Å². The minimum atomic E-state index is -0.873. The van der Waals surface area contributed by atoms with Gasteiger partial charge in [0.25, 0.3) is 5.91 Å². The Labute approximate surface area is 149 Å². The lowest BCUT2D eigenvalue weighted by Gasteiger charge is -2.32. The maximum atomic E-state index is 12.5. The molecule has 1 atom stereocenters. The van der Waals surface area contributed by atoms with E-state index in [1.54, 1.807) is 24.1 Å². The molecule has 0 aromatic heterocycles. The van der Waals surface area contributed by atoms with E-state index in [1.807, 2.05) is 13.0 Å². The summed E-state index contributed by atoms with van der Waals surface area (Å²) < 4.78 is 0.841. The lowest BCUT2D eigenvalue weighted by molar-refractivity contribution is -0.145. The number of nitrogens with zero attached hydrogens (tertiary/aromatic N) is 2. The second kappa shape index (κ2) is 7.79. The van der Waals surface area contributed by atoms with Gasteiger partial charge >= 0.3 is 5.97 Å². The Morgan fingerprint density at radius 3 is 2.75 bits per heavy atom. The molecule has 7 heteroatoms. The molecule has 0 saturated carbocycles.